The van der Waals surface area contributed by atoms with Gasteiger partial charge in [0.15, 0.2) is 12.6 Å². The molecule has 0 fully saturated rings. The van der Waals surface area contributed by atoms with Crippen molar-refractivity contribution in [1.82, 2.24) is 0 Å². The van der Waals surface area contributed by atoms with E-state index >= 15 is 0 Å². The molecule has 2 aromatic rings. The van der Waals surface area contributed by atoms with E-state index in [0.29, 0.717) is 21.8 Å². The molecule has 7 heteroatoms. The Balaban J connectivity index is 1.88. The maximum absolute atomic E-state index is 13.1. The van der Waals surface area contributed by atoms with Crippen LogP contribution in [-0.2, 0) is 9.59 Å². The third-order valence-electron chi connectivity index (χ3n) is 3.96. The summed E-state index contributed by atoms with van der Waals surface area (Å²) in [5.74, 6) is -0.990. The quantitative estimate of drug-likeness (QED) is 0.727. The average molecular weight is 355 g/mol. The number of hydrogen-bond donors (Lipinski definition) is 3. The predicted octanol–water partition coefficient (Wildman–Crippen LogP) is 1.18. The lowest BCUT2D eigenvalue weighted by Crippen LogP contribution is -3.14. The van der Waals surface area contributed by atoms with E-state index in [-0.39, 0.29) is 18.4 Å². The molecule has 0 bridgehead atoms. The van der Waals surface area contributed by atoms with Crippen LogP contribution in [0.2, 0.25) is 0 Å². The number of nitrogens with zero attached hydrogens (tertiary/aromatic N) is 1. The highest BCUT2D eigenvalue weighted by molar-refractivity contribution is 5.94. The maximum Gasteiger partial charge on any atom is 0.282 e. The molecule has 134 valence electrons. The summed E-state index contributed by atoms with van der Waals surface area (Å²) in [5.41, 5.74) is 1.46. The first kappa shape index (κ1) is 19.1. The first-order chi connectivity index (χ1) is 12.4. The van der Waals surface area contributed by atoms with E-state index in [1.54, 1.807) is 44.3 Å². The van der Waals surface area contributed by atoms with E-state index in [4.69, 9.17) is 5.26 Å². The lowest BCUT2D eigenvalue weighted by atomic mass is 10.2. The largest absolute Gasteiger partial charge is 0.321 e. The van der Waals surface area contributed by atoms with Gasteiger partial charge >= 0.3 is 0 Å². The van der Waals surface area contributed by atoms with E-state index in [9.17, 15) is 14.0 Å². The molecule has 0 spiro atoms. The van der Waals surface area contributed by atoms with Crippen molar-refractivity contribution in [2.75, 3.05) is 24.2 Å². The lowest BCUT2D eigenvalue weighted by molar-refractivity contribution is -0.885. The summed E-state index contributed by atoms with van der Waals surface area (Å²) in [6.07, 6.45) is 0. The molecule has 1 unspecified atom stereocenters. The van der Waals surface area contributed by atoms with Gasteiger partial charge in [0, 0.05) is 11.4 Å². The summed E-state index contributed by atoms with van der Waals surface area (Å²) in [5, 5.41) is 14.1. The minimum absolute atomic E-state index is 0.0540. The molecule has 2 rings (SSSR count). The fourth-order valence-corrected chi connectivity index (χ4v) is 2.28. The van der Waals surface area contributed by atoms with Gasteiger partial charge in [-0.05, 0) is 49.4 Å². The van der Waals surface area contributed by atoms with Crippen LogP contribution < -0.4 is 15.5 Å². The number of quaternary nitrogens is 1. The molecule has 26 heavy (non-hydrogen) atoms. The van der Waals surface area contributed by atoms with Crippen molar-refractivity contribution < 1.29 is 18.9 Å². The topological polar surface area (TPSA) is 86.4 Å². The van der Waals surface area contributed by atoms with Crippen LogP contribution in [0.5, 0.6) is 0 Å². The summed E-state index contributed by atoms with van der Waals surface area (Å²) in [6.45, 7) is 1.77. The van der Waals surface area contributed by atoms with Crippen LogP contribution in [-0.4, -0.2) is 31.4 Å². The van der Waals surface area contributed by atoms with Gasteiger partial charge in [-0.3, -0.25) is 9.59 Å². The number of likely N-dealkylation sites (N-methyl/N-ethyl adjacent to an activating group) is 1. The fraction of sp³-hybridized carbons (Fsp3) is 0.211. The van der Waals surface area contributed by atoms with Gasteiger partial charge in [0.1, 0.15) is 5.82 Å². The average Bonchev–Trinajstić information content (AvgIpc) is 2.61. The number of carbonyl (C=O) groups is 2. The third kappa shape index (κ3) is 5.40. The Morgan fingerprint density at radius 1 is 1.15 bits per heavy atom. The van der Waals surface area contributed by atoms with Gasteiger partial charge in [0.2, 0.25) is 0 Å². The smallest absolute Gasteiger partial charge is 0.282 e. The molecule has 3 N–H and O–H groups in total. The first-order valence-corrected chi connectivity index (χ1v) is 8.08. The number of anilines is 2. The highest BCUT2D eigenvalue weighted by Crippen LogP contribution is 2.09. The third-order valence-corrected chi connectivity index (χ3v) is 3.96. The molecule has 0 radical (unpaired) electrons. The second-order valence-electron chi connectivity index (χ2n) is 5.98. The lowest BCUT2D eigenvalue weighted by Gasteiger charge is -2.20. The van der Waals surface area contributed by atoms with E-state index < -0.39 is 11.9 Å². The fourth-order valence-electron chi connectivity index (χ4n) is 2.28. The van der Waals surface area contributed by atoms with Crippen LogP contribution in [0.1, 0.15) is 12.5 Å². The molecule has 2 atom stereocenters. The van der Waals surface area contributed by atoms with Crippen LogP contribution in [0, 0.1) is 17.1 Å². The zero-order valence-corrected chi connectivity index (χ0v) is 14.5. The molecule has 0 aliphatic carbocycles. The Hall–Kier alpha value is -3.24. The van der Waals surface area contributed by atoms with Crippen LogP contribution in [0.15, 0.2) is 48.5 Å². The van der Waals surface area contributed by atoms with Gasteiger partial charge in [0.25, 0.3) is 11.8 Å². The summed E-state index contributed by atoms with van der Waals surface area (Å²) in [7, 11) is 1.73. The van der Waals surface area contributed by atoms with Gasteiger partial charge in [-0.2, -0.15) is 5.26 Å². The van der Waals surface area contributed by atoms with E-state index in [1.807, 2.05) is 6.07 Å². The molecule has 0 aliphatic heterocycles. The minimum atomic E-state index is -0.482. The SMILES string of the molecule is C[C@@H](C(=O)Nc1ccc(C#N)cc1)[NH+](C)CC(=O)Nc1cccc(F)c1. The van der Waals surface area contributed by atoms with Gasteiger partial charge in [-0.1, -0.05) is 6.07 Å². The number of benzene rings is 2. The maximum atomic E-state index is 13.1. The van der Waals surface area contributed by atoms with Crippen LogP contribution >= 0.6 is 0 Å². The number of nitriles is 1. The summed E-state index contributed by atoms with van der Waals surface area (Å²) in [4.78, 5) is 25.1. The number of amides is 2. The van der Waals surface area contributed by atoms with Gasteiger partial charge in [-0.25, -0.2) is 4.39 Å². The highest BCUT2D eigenvalue weighted by Gasteiger charge is 2.24. The molecular formula is C19H20FN4O2+. The van der Waals surface area contributed by atoms with E-state index in [0.717, 1.165) is 0 Å². The Labute approximate surface area is 151 Å². The number of nitrogens with one attached hydrogen (secondary N) is 3. The monoisotopic (exact) mass is 355 g/mol. The van der Waals surface area contributed by atoms with Crippen LogP contribution in [0.4, 0.5) is 15.8 Å². The number of hydrogen-bond acceptors (Lipinski definition) is 3. The zero-order valence-electron chi connectivity index (χ0n) is 14.5. The number of halogens is 1. The van der Waals surface area contributed by atoms with Crippen molar-refractivity contribution in [1.29, 1.82) is 5.26 Å². The van der Waals surface area contributed by atoms with Gasteiger partial charge in [-0.15, -0.1) is 0 Å². The van der Waals surface area contributed by atoms with Gasteiger partial charge < -0.3 is 15.5 Å². The van der Waals surface area contributed by atoms with Crippen molar-refractivity contribution in [3.05, 3.63) is 59.9 Å². The number of carbonyl (C=O) groups excluding carboxylic acids is 2. The molecule has 2 aromatic carbocycles. The molecule has 0 saturated carbocycles. The van der Waals surface area contributed by atoms with E-state index in [2.05, 4.69) is 10.6 Å². The second kappa shape index (κ2) is 8.74. The Kier molecular flexibility index (Phi) is 6.42. The van der Waals surface area contributed by atoms with Crippen molar-refractivity contribution in [3.8, 4) is 6.07 Å². The number of rotatable bonds is 6. The van der Waals surface area contributed by atoms with Crippen LogP contribution in [0.25, 0.3) is 0 Å². The van der Waals surface area contributed by atoms with Crippen molar-refractivity contribution >= 4 is 23.2 Å². The second-order valence-corrected chi connectivity index (χ2v) is 5.98. The normalized spacial score (nSPS) is 12.5. The van der Waals surface area contributed by atoms with E-state index in [1.165, 1.54) is 18.2 Å². The standard InChI is InChI=1S/C19H19FN4O2/c1-13(19(26)23-16-8-6-14(11-21)7-9-16)24(2)12-18(25)22-17-5-3-4-15(20)10-17/h3-10,13H,12H2,1-2H3,(H,22,25)(H,23,26)/p+1/t13-/m0/s1. The first-order valence-electron chi connectivity index (χ1n) is 8.08. The van der Waals surface area contributed by atoms with Crippen molar-refractivity contribution in [3.63, 3.8) is 0 Å². The summed E-state index contributed by atoms with van der Waals surface area (Å²) < 4.78 is 13.1. The Morgan fingerprint density at radius 3 is 2.46 bits per heavy atom. The molecule has 2 amide bonds. The molecule has 0 heterocycles. The summed E-state index contributed by atoms with van der Waals surface area (Å²) in [6, 6.07) is 13.7. The van der Waals surface area contributed by atoms with Gasteiger partial charge in [0.05, 0.1) is 18.7 Å². The molecule has 0 aliphatic rings. The van der Waals surface area contributed by atoms with Crippen molar-refractivity contribution in [2.45, 2.75) is 13.0 Å². The molecule has 0 aromatic heterocycles. The Morgan fingerprint density at radius 2 is 1.85 bits per heavy atom. The van der Waals surface area contributed by atoms with Crippen LogP contribution in [0.3, 0.4) is 0 Å². The zero-order chi connectivity index (χ0) is 19.1. The van der Waals surface area contributed by atoms with Crippen molar-refractivity contribution in [2.24, 2.45) is 0 Å². The molecule has 0 saturated heterocycles. The minimum Gasteiger partial charge on any atom is -0.321 e. The Bertz CT molecular complexity index is 830. The highest BCUT2D eigenvalue weighted by atomic mass is 19.1. The predicted molar refractivity (Wildman–Crippen MR) is 96.0 cm³/mol. The molecule has 6 nitrogen and oxygen atoms in total. The molecular weight excluding hydrogens is 335 g/mol. The summed E-state index contributed by atoms with van der Waals surface area (Å²) >= 11 is 0.